The SMILES string of the molecule is CO.OC1CO[C@@H]2CCO[C@H]12. The molecule has 2 aliphatic heterocycles. The maximum Gasteiger partial charge on any atom is 0.112 e. The van der Waals surface area contributed by atoms with Crippen molar-refractivity contribution in [2.45, 2.75) is 24.7 Å². The first-order chi connectivity index (χ1) is 5.38. The lowest BCUT2D eigenvalue weighted by Crippen LogP contribution is -2.26. The molecule has 0 aromatic heterocycles. The maximum atomic E-state index is 9.15. The molecule has 0 aromatic carbocycles. The predicted molar refractivity (Wildman–Crippen MR) is 38.2 cm³/mol. The summed E-state index contributed by atoms with van der Waals surface area (Å²) in [5, 5.41) is 16.1. The Morgan fingerprint density at radius 1 is 1.27 bits per heavy atom. The Kier molecular flexibility index (Phi) is 3.26. The molecule has 0 amide bonds. The number of aliphatic hydroxyl groups is 2. The summed E-state index contributed by atoms with van der Waals surface area (Å²) in [5.74, 6) is 0. The van der Waals surface area contributed by atoms with Gasteiger partial charge in [-0.15, -0.1) is 0 Å². The van der Waals surface area contributed by atoms with Crippen LogP contribution in [0.3, 0.4) is 0 Å². The van der Waals surface area contributed by atoms with Crippen LogP contribution in [0.15, 0.2) is 0 Å². The van der Waals surface area contributed by atoms with E-state index in [4.69, 9.17) is 19.7 Å². The van der Waals surface area contributed by atoms with Crippen LogP contribution >= 0.6 is 0 Å². The largest absolute Gasteiger partial charge is 0.400 e. The van der Waals surface area contributed by atoms with E-state index in [1.54, 1.807) is 0 Å². The average molecular weight is 162 g/mol. The molecule has 2 rings (SSSR count). The van der Waals surface area contributed by atoms with Crippen LogP contribution in [0, 0.1) is 0 Å². The Morgan fingerprint density at radius 3 is 2.64 bits per heavy atom. The van der Waals surface area contributed by atoms with Gasteiger partial charge < -0.3 is 19.7 Å². The summed E-state index contributed by atoms with van der Waals surface area (Å²) in [7, 11) is 1.00. The molecule has 4 heteroatoms. The van der Waals surface area contributed by atoms with Gasteiger partial charge in [0.1, 0.15) is 12.2 Å². The second-order valence-corrected chi connectivity index (χ2v) is 2.56. The summed E-state index contributed by atoms with van der Waals surface area (Å²) in [6, 6.07) is 0. The van der Waals surface area contributed by atoms with E-state index in [1.807, 2.05) is 0 Å². The molecular formula is C7H14O4. The van der Waals surface area contributed by atoms with Gasteiger partial charge in [-0.2, -0.15) is 0 Å². The minimum absolute atomic E-state index is 0.0231. The van der Waals surface area contributed by atoms with E-state index in [-0.39, 0.29) is 18.3 Å². The lowest BCUT2D eigenvalue weighted by Gasteiger charge is -2.08. The van der Waals surface area contributed by atoms with E-state index in [0.717, 1.165) is 20.1 Å². The molecule has 4 nitrogen and oxygen atoms in total. The van der Waals surface area contributed by atoms with Crippen molar-refractivity contribution >= 4 is 0 Å². The van der Waals surface area contributed by atoms with Crippen LogP contribution in [0.5, 0.6) is 0 Å². The van der Waals surface area contributed by atoms with Crippen LogP contribution in [-0.4, -0.2) is 48.8 Å². The fourth-order valence-corrected chi connectivity index (χ4v) is 1.45. The number of aliphatic hydroxyl groups excluding tert-OH is 2. The van der Waals surface area contributed by atoms with Gasteiger partial charge in [0, 0.05) is 13.7 Å². The number of hydrogen-bond acceptors (Lipinski definition) is 4. The smallest absolute Gasteiger partial charge is 0.112 e. The highest BCUT2D eigenvalue weighted by Crippen LogP contribution is 2.25. The van der Waals surface area contributed by atoms with Gasteiger partial charge in [0.15, 0.2) is 0 Å². The van der Waals surface area contributed by atoms with Crippen LogP contribution in [-0.2, 0) is 9.47 Å². The molecule has 2 heterocycles. The summed E-state index contributed by atoms with van der Waals surface area (Å²) in [5.41, 5.74) is 0. The molecule has 0 bridgehead atoms. The van der Waals surface area contributed by atoms with Crippen molar-refractivity contribution in [1.82, 2.24) is 0 Å². The van der Waals surface area contributed by atoms with Crippen molar-refractivity contribution in [1.29, 1.82) is 0 Å². The normalized spacial score (nSPS) is 41.2. The summed E-state index contributed by atoms with van der Waals surface area (Å²) in [4.78, 5) is 0. The molecule has 2 N–H and O–H groups in total. The van der Waals surface area contributed by atoms with Crippen LogP contribution in [0.25, 0.3) is 0 Å². The summed E-state index contributed by atoms with van der Waals surface area (Å²) in [6.45, 7) is 1.20. The molecule has 0 saturated carbocycles. The minimum atomic E-state index is -0.377. The van der Waals surface area contributed by atoms with Gasteiger partial charge in [0.2, 0.25) is 0 Å². The van der Waals surface area contributed by atoms with Crippen LogP contribution < -0.4 is 0 Å². The van der Waals surface area contributed by atoms with Crippen molar-refractivity contribution in [3.05, 3.63) is 0 Å². The van der Waals surface area contributed by atoms with Crippen molar-refractivity contribution in [2.24, 2.45) is 0 Å². The molecule has 3 atom stereocenters. The number of hydrogen-bond donors (Lipinski definition) is 2. The van der Waals surface area contributed by atoms with Crippen molar-refractivity contribution < 1.29 is 19.7 Å². The molecule has 2 aliphatic rings. The molecule has 2 fully saturated rings. The summed E-state index contributed by atoms with van der Waals surface area (Å²) in [6.07, 6.45) is 0.726. The van der Waals surface area contributed by atoms with Gasteiger partial charge in [-0.05, 0) is 6.42 Å². The van der Waals surface area contributed by atoms with Gasteiger partial charge in [-0.25, -0.2) is 0 Å². The standard InChI is InChI=1S/C6H10O3.CH4O/c7-4-3-9-5-1-2-8-6(4)5;1-2/h4-7H,1-3H2;2H,1H3/t4?,5-,6-;/m1./s1. The quantitative estimate of drug-likeness (QED) is 0.487. The molecule has 0 spiro atoms. The Bertz CT molecular complexity index is 117. The Balaban J connectivity index is 0.000000281. The fourth-order valence-electron chi connectivity index (χ4n) is 1.45. The first-order valence-electron chi connectivity index (χ1n) is 3.74. The van der Waals surface area contributed by atoms with E-state index in [2.05, 4.69) is 0 Å². The van der Waals surface area contributed by atoms with Gasteiger partial charge in [0.25, 0.3) is 0 Å². The number of ether oxygens (including phenoxy) is 2. The van der Waals surface area contributed by atoms with E-state index in [1.165, 1.54) is 0 Å². The molecule has 2 saturated heterocycles. The van der Waals surface area contributed by atoms with E-state index in [9.17, 15) is 0 Å². The van der Waals surface area contributed by atoms with Crippen LogP contribution in [0.4, 0.5) is 0 Å². The highest BCUT2D eigenvalue weighted by Gasteiger charge is 2.40. The molecule has 66 valence electrons. The van der Waals surface area contributed by atoms with Gasteiger partial charge >= 0.3 is 0 Å². The first kappa shape index (κ1) is 8.93. The highest BCUT2D eigenvalue weighted by atomic mass is 16.6. The van der Waals surface area contributed by atoms with Crippen molar-refractivity contribution in [3.8, 4) is 0 Å². The van der Waals surface area contributed by atoms with E-state index >= 15 is 0 Å². The van der Waals surface area contributed by atoms with Gasteiger partial charge in [-0.1, -0.05) is 0 Å². The first-order valence-corrected chi connectivity index (χ1v) is 3.74. The Morgan fingerprint density at radius 2 is 2.00 bits per heavy atom. The van der Waals surface area contributed by atoms with Crippen molar-refractivity contribution in [3.63, 3.8) is 0 Å². The summed E-state index contributed by atoms with van der Waals surface area (Å²) < 4.78 is 10.4. The number of fused-ring (bicyclic) bond motifs is 1. The monoisotopic (exact) mass is 162 g/mol. The lowest BCUT2D eigenvalue weighted by atomic mass is 10.1. The molecular weight excluding hydrogens is 148 g/mol. The highest BCUT2D eigenvalue weighted by molar-refractivity contribution is 4.88. The van der Waals surface area contributed by atoms with Gasteiger partial charge in [0.05, 0.1) is 12.7 Å². The fraction of sp³-hybridized carbons (Fsp3) is 1.00. The maximum absolute atomic E-state index is 9.15. The minimum Gasteiger partial charge on any atom is -0.400 e. The van der Waals surface area contributed by atoms with Crippen LogP contribution in [0.2, 0.25) is 0 Å². The third-order valence-corrected chi connectivity index (χ3v) is 1.94. The third-order valence-electron chi connectivity index (χ3n) is 1.94. The Hall–Kier alpha value is -0.160. The second-order valence-electron chi connectivity index (χ2n) is 2.56. The molecule has 1 unspecified atom stereocenters. The molecule has 0 aliphatic carbocycles. The van der Waals surface area contributed by atoms with E-state index in [0.29, 0.717) is 6.61 Å². The average Bonchev–Trinajstić information content (AvgIpc) is 2.60. The Labute approximate surface area is 65.7 Å². The lowest BCUT2D eigenvalue weighted by molar-refractivity contribution is 0.0187. The van der Waals surface area contributed by atoms with Gasteiger partial charge in [-0.3, -0.25) is 0 Å². The van der Waals surface area contributed by atoms with Crippen LogP contribution in [0.1, 0.15) is 6.42 Å². The molecule has 11 heavy (non-hydrogen) atoms. The third kappa shape index (κ3) is 1.70. The topological polar surface area (TPSA) is 58.9 Å². The van der Waals surface area contributed by atoms with Crippen molar-refractivity contribution in [2.75, 3.05) is 20.3 Å². The molecule has 0 radical (unpaired) electrons. The number of rotatable bonds is 0. The zero-order valence-electron chi connectivity index (χ0n) is 6.56. The second kappa shape index (κ2) is 4.01. The molecule has 0 aromatic rings. The summed E-state index contributed by atoms with van der Waals surface area (Å²) >= 11 is 0. The zero-order chi connectivity index (χ0) is 8.27. The van der Waals surface area contributed by atoms with E-state index < -0.39 is 0 Å². The zero-order valence-corrected chi connectivity index (χ0v) is 6.56. The predicted octanol–water partition coefficient (Wildman–Crippen LogP) is -0.857.